The lowest BCUT2D eigenvalue weighted by molar-refractivity contribution is -0.137. The average molecular weight is 292 g/mol. The number of carboxylic acids is 1. The van der Waals surface area contributed by atoms with Gasteiger partial charge in [0.05, 0.1) is 0 Å². The maximum Gasteiger partial charge on any atom is 0.303 e. The molecule has 2 heteroatoms. The summed E-state index contributed by atoms with van der Waals surface area (Å²) in [6.07, 6.45) is 24.8. The second-order valence-electron chi connectivity index (χ2n) is 5.37. The molecule has 0 atom stereocenters. The van der Waals surface area contributed by atoms with Crippen LogP contribution >= 0.6 is 0 Å². The van der Waals surface area contributed by atoms with Gasteiger partial charge >= 0.3 is 5.97 Å². The Kier molecular flexibility index (Phi) is 15.7. The van der Waals surface area contributed by atoms with E-state index in [0.717, 1.165) is 25.7 Å². The third-order valence-electron chi connectivity index (χ3n) is 3.28. The first kappa shape index (κ1) is 19.7. The molecule has 0 saturated carbocycles. The number of unbranched alkanes of at least 4 members (excludes halogenated alkanes) is 6. The fourth-order valence-electron chi connectivity index (χ4n) is 2.01. The van der Waals surface area contributed by atoms with Crippen LogP contribution < -0.4 is 0 Å². The summed E-state index contributed by atoms with van der Waals surface area (Å²) in [6.45, 7) is 2.25. The van der Waals surface area contributed by atoms with Crippen molar-refractivity contribution in [3.8, 4) is 0 Å². The first-order valence-electron chi connectivity index (χ1n) is 8.44. The first-order valence-corrected chi connectivity index (χ1v) is 8.44. The molecule has 0 bridgehead atoms. The predicted octanol–water partition coefficient (Wildman–Crippen LogP) is 6.05. The summed E-state index contributed by atoms with van der Waals surface area (Å²) in [5.41, 5.74) is 0. The maximum atomic E-state index is 10.3. The van der Waals surface area contributed by atoms with Crippen molar-refractivity contribution in [1.29, 1.82) is 0 Å². The van der Waals surface area contributed by atoms with Crippen molar-refractivity contribution >= 4 is 5.97 Å². The smallest absolute Gasteiger partial charge is 0.303 e. The van der Waals surface area contributed by atoms with E-state index in [1.165, 1.54) is 38.5 Å². The van der Waals surface area contributed by atoms with Crippen LogP contribution in [0.3, 0.4) is 0 Å². The number of hydrogen-bond acceptors (Lipinski definition) is 1. The molecule has 0 aliphatic rings. The van der Waals surface area contributed by atoms with Gasteiger partial charge in [0.25, 0.3) is 0 Å². The second-order valence-corrected chi connectivity index (χ2v) is 5.37. The third kappa shape index (κ3) is 18.7. The van der Waals surface area contributed by atoms with Gasteiger partial charge < -0.3 is 5.11 Å². The van der Waals surface area contributed by atoms with E-state index in [1.807, 2.05) is 0 Å². The van der Waals surface area contributed by atoms with Crippen molar-refractivity contribution in [3.63, 3.8) is 0 Å². The van der Waals surface area contributed by atoms with Gasteiger partial charge in [-0.25, -0.2) is 0 Å². The summed E-state index contributed by atoms with van der Waals surface area (Å²) in [5, 5.41) is 8.49. The van der Waals surface area contributed by atoms with E-state index < -0.39 is 5.97 Å². The molecule has 120 valence electrons. The molecule has 21 heavy (non-hydrogen) atoms. The monoisotopic (exact) mass is 292 g/mol. The van der Waals surface area contributed by atoms with Gasteiger partial charge in [0, 0.05) is 6.42 Å². The van der Waals surface area contributed by atoms with E-state index in [4.69, 9.17) is 5.11 Å². The van der Waals surface area contributed by atoms with E-state index in [9.17, 15) is 4.79 Å². The SMILES string of the molecule is CCCCCCC/C=C\C/C=C\C/C=C\CCCC(=O)O. The Morgan fingerprint density at radius 1 is 0.762 bits per heavy atom. The number of rotatable bonds is 14. The standard InChI is InChI=1S/C19H32O2/c1-2-3-4-5-6-7-8-9-10-11-12-13-14-15-16-17-18-19(20)21/h8-9,11-12,14-15H,2-7,10,13,16-18H2,1H3,(H,20,21)/b9-8-,12-11-,15-14-. The van der Waals surface area contributed by atoms with Crippen LogP contribution in [0.15, 0.2) is 36.5 Å². The Labute approximate surface area is 130 Å². The van der Waals surface area contributed by atoms with E-state index in [2.05, 4.69) is 43.4 Å². The van der Waals surface area contributed by atoms with Crippen LogP contribution in [0.2, 0.25) is 0 Å². The lowest BCUT2D eigenvalue weighted by Gasteiger charge is -1.95. The highest BCUT2D eigenvalue weighted by molar-refractivity contribution is 5.66. The van der Waals surface area contributed by atoms with Crippen LogP contribution in [0.25, 0.3) is 0 Å². The van der Waals surface area contributed by atoms with Crippen LogP contribution in [0, 0.1) is 0 Å². The molecule has 0 fully saturated rings. The predicted molar refractivity (Wildman–Crippen MR) is 91.5 cm³/mol. The van der Waals surface area contributed by atoms with Crippen LogP contribution in [-0.4, -0.2) is 11.1 Å². The summed E-state index contributed by atoms with van der Waals surface area (Å²) < 4.78 is 0. The van der Waals surface area contributed by atoms with Gasteiger partial charge in [-0.05, 0) is 38.5 Å². The maximum absolute atomic E-state index is 10.3. The Bertz CT molecular complexity index is 314. The summed E-state index contributed by atoms with van der Waals surface area (Å²) in [4.78, 5) is 10.3. The summed E-state index contributed by atoms with van der Waals surface area (Å²) in [7, 11) is 0. The molecule has 0 rings (SSSR count). The van der Waals surface area contributed by atoms with E-state index in [1.54, 1.807) is 0 Å². The summed E-state index contributed by atoms with van der Waals surface area (Å²) >= 11 is 0. The van der Waals surface area contributed by atoms with E-state index in [-0.39, 0.29) is 6.42 Å². The van der Waals surface area contributed by atoms with E-state index in [0.29, 0.717) is 0 Å². The molecule has 0 aromatic carbocycles. The molecular weight excluding hydrogens is 260 g/mol. The number of allylic oxidation sites excluding steroid dienone is 6. The molecule has 0 radical (unpaired) electrons. The van der Waals surface area contributed by atoms with Gasteiger partial charge in [0.1, 0.15) is 0 Å². The molecule has 2 nitrogen and oxygen atoms in total. The quantitative estimate of drug-likeness (QED) is 0.312. The van der Waals surface area contributed by atoms with Crippen molar-refractivity contribution in [2.75, 3.05) is 0 Å². The molecule has 0 heterocycles. The molecule has 0 aromatic rings. The zero-order valence-electron chi connectivity index (χ0n) is 13.6. The first-order chi connectivity index (χ1) is 10.3. The Hall–Kier alpha value is -1.31. The van der Waals surface area contributed by atoms with Gasteiger partial charge in [-0.15, -0.1) is 0 Å². The van der Waals surface area contributed by atoms with Gasteiger partial charge in [-0.1, -0.05) is 69.1 Å². The van der Waals surface area contributed by atoms with Crippen molar-refractivity contribution in [3.05, 3.63) is 36.5 Å². The van der Waals surface area contributed by atoms with Crippen LogP contribution in [0.1, 0.15) is 77.6 Å². The molecule has 0 aliphatic carbocycles. The van der Waals surface area contributed by atoms with Crippen LogP contribution in [0.4, 0.5) is 0 Å². The molecule has 0 spiro atoms. The number of aliphatic carboxylic acids is 1. The van der Waals surface area contributed by atoms with Gasteiger partial charge in [-0.2, -0.15) is 0 Å². The van der Waals surface area contributed by atoms with Gasteiger partial charge in [0.2, 0.25) is 0 Å². The molecule has 0 aromatic heterocycles. The highest BCUT2D eigenvalue weighted by Crippen LogP contribution is 2.05. The van der Waals surface area contributed by atoms with Crippen molar-refractivity contribution in [1.82, 2.24) is 0 Å². The van der Waals surface area contributed by atoms with Crippen molar-refractivity contribution in [2.45, 2.75) is 77.6 Å². The Morgan fingerprint density at radius 2 is 1.29 bits per heavy atom. The summed E-state index contributed by atoms with van der Waals surface area (Å²) in [6, 6.07) is 0. The van der Waals surface area contributed by atoms with Crippen molar-refractivity contribution < 1.29 is 9.90 Å². The number of hydrogen-bond donors (Lipinski definition) is 1. The average Bonchev–Trinajstić information content (AvgIpc) is 2.46. The molecule has 0 aliphatic heterocycles. The topological polar surface area (TPSA) is 37.3 Å². The minimum absolute atomic E-state index is 0.267. The van der Waals surface area contributed by atoms with E-state index >= 15 is 0 Å². The Balaban J connectivity index is 3.31. The minimum atomic E-state index is -0.708. The largest absolute Gasteiger partial charge is 0.481 e. The van der Waals surface area contributed by atoms with Crippen LogP contribution in [0.5, 0.6) is 0 Å². The summed E-state index contributed by atoms with van der Waals surface area (Å²) in [5.74, 6) is -0.708. The van der Waals surface area contributed by atoms with Gasteiger partial charge in [-0.3, -0.25) is 4.79 Å². The second kappa shape index (κ2) is 16.7. The zero-order chi connectivity index (χ0) is 15.6. The molecule has 1 N–H and O–H groups in total. The molecule has 0 unspecified atom stereocenters. The fourth-order valence-corrected chi connectivity index (χ4v) is 2.01. The molecule has 0 saturated heterocycles. The highest BCUT2D eigenvalue weighted by Gasteiger charge is 1.92. The van der Waals surface area contributed by atoms with Crippen molar-refractivity contribution in [2.24, 2.45) is 0 Å². The number of carboxylic acid groups (broad SMARTS) is 1. The third-order valence-corrected chi connectivity index (χ3v) is 3.28. The minimum Gasteiger partial charge on any atom is -0.481 e. The fraction of sp³-hybridized carbons (Fsp3) is 0.632. The number of carbonyl (C=O) groups is 1. The highest BCUT2D eigenvalue weighted by atomic mass is 16.4. The molecule has 0 amide bonds. The lowest BCUT2D eigenvalue weighted by atomic mass is 10.1. The molecular formula is C19H32O2. The van der Waals surface area contributed by atoms with Gasteiger partial charge in [0.15, 0.2) is 0 Å². The lowest BCUT2D eigenvalue weighted by Crippen LogP contribution is -1.92. The normalized spacial score (nSPS) is 12.0. The van der Waals surface area contributed by atoms with Crippen LogP contribution in [-0.2, 0) is 4.79 Å². The Morgan fingerprint density at radius 3 is 1.86 bits per heavy atom. The zero-order valence-corrected chi connectivity index (χ0v) is 13.6.